The average Bonchev–Trinajstić information content (AvgIpc) is 3.24. The molecule has 1 saturated carbocycles. The van der Waals surface area contributed by atoms with E-state index in [4.69, 9.17) is 16.3 Å². The fourth-order valence-corrected chi connectivity index (χ4v) is 7.36. The van der Waals surface area contributed by atoms with Gasteiger partial charge in [0.25, 0.3) is 10.0 Å². The number of aryl methyl sites for hydroxylation is 1. The summed E-state index contributed by atoms with van der Waals surface area (Å²) < 4.78 is 35.8. The molecular weight excluding hydrogens is 494 g/mol. The number of benzene rings is 2. The lowest BCUT2D eigenvalue weighted by molar-refractivity contribution is -0.156. The van der Waals surface area contributed by atoms with Crippen LogP contribution in [0.2, 0.25) is 5.02 Å². The Hall–Kier alpha value is -2.31. The third-order valence-corrected chi connectivity index (χ3v) is 9.12. The number of carbonyl (C=O) groups excluding carboxylic acids is 1. The van der Waals surface area contributed by atoms with E-state index in [9.17, 15) is 13.2 Å². The first-order valence-electron chi connectivity index (χ1n) is 12.8. The molecule has 5 nitrogen and oxygen atoms in total. The Kier molecular flexibility index (Phi) is 7.86. The summed E-state index contributed by atoms with van der Waals surface area (Å²) >= 11 is 6.32. The molecule has 1 aliphatic heterocycles. The van der Waals surface area contributed by atoms with E-state index in [-0.39, 0.29) is 16.9 Å². The second-order valence-electron chi connectivity index (χ2n) is 11.0. The number of ether oxygens (including phenoxy) is 1. The molecule has 7 heteroatoms. The third kappa shape index (κ3) is 5.81. The van der Waals surface area contributed by atoms with Crippen LogP contribution in [-0.4, -0.2) is 30.3 Å². The SMILES string of the molecule is Cc1ccc(S(=O)(=O)N2C([C@@H](C(=O)OC(C)(C)C)c3cccc(Cl)c3)=CC[C@H]2C2CCCCC2)cc1. The zero-order chi connectivity index (χ0) is 26.1. The number of hydrogen-bond acceptors (Lipinski definition) is 4. The van der Waals surface area contributed by atoms with Gasteiger partial charge in [0.1, 0.15) is 11.5 Å². The van der Waals surface area contributed by atoms with Gasteiger partial charge in [-0.15, -0.1) is 0 Å². The molecule has 2 aromatic rings. The minimum absolute atomic E-state index is 0.226. The maximum absolute atomic E-state index is 14.2. The van der Waals surface area contributed by atoms with Crippen LogP contribution in [0.15, 0.2) is 65.2 Å². The van der Waals surface area contributed by atoms with Crippen LogP contribution in [0, 0.1) is 12.8 Å². The lowest BCUT2D eigenvalue weighted by Crippen LogP contribution is -2.43. The van der Waals surface area contributed by atoms with Gasteiger partial charge in [-0.1, -0.05) is 66.8 Å². The van der Waals surface area contributed by atoms with Crippen molar-refractivity contribution in [3.8, 4) is 0 Å². The van der Waals surface area contributed by atoms with Crippen LogP contribution >= 0.6 is 11.6 Å². The van der Waals surface area contributed by atoms with Crippen LogP contribution in [0.1, 0.15) is 76.3 Å². The molecule has 194 valence electrons. The summed E-state index contributed by atoms with van der Waals surface area (Å²) in [6, 6.07) is 13.8. The van der Waals surface area contributed by atoms with Crippen LogP contribution < -0.4 is 0 Å². The minimum atomic E-state index is -3.92. The van der Waals surface area contributed by atoms with Gasteiger partial charge in [-0.25, -0.2) is 8.42 Å². The van der Waals surface area contributed by atoms with E-state index in [1.807, 2.05) is 52.0 Å². The summed E-state index contributed by atoms with van der Waals surface area (Å²) in [5.41, 5.74) is 1.34. The molecule has 0 N–H and O–H groups in total. The zero-order valence-electron chi connectivity index (χ0n) is 21.5. The highest BCUT2D eigenvalue weighted by molar-refractivity contribution is 7.89. The van der Waals surface area contributed by atoms with Gasteiger partial charge in [-0.05, 0) is 82.7 Å². The van der Waals surface area contributed by atoms with Crippen molar-refractivity contribution in [2.24, 2.45) is 5.92 Å². The first kappa shape index (κ1) is 26.7. The molecule has 0 amide bonds. The summed E-state index contributed by atoms with van der Waals surface area (Å²) in [4.78, 5) is 13.9. The summed E-state index contributed by atoms with van der Waals surface area (Å²) in [5.74, 6) is -1.15. The van der Waals surface area contributed by atoms with Crippen LogP contribution in [-0.2, 0) is 19.6 Å². The highest BCUT2D eigenvalue weighted by Gasteiger charge is 2.46. The third-order valence-electron chi connectivity index (χ3n) is 7.02. The molecule has 1 fully saturated rings. The molecule has 0 spiro atoms. The second kappa shape index (κ2) is 10.6. The van der Waals surface area contributed by atoms with Crippen LogP contribution in [0.3, 0.4) is 0 Å². The first-order chi connectivity index (χ1) is 17.0. The molecule has 36 heavy (non-hydrogen) atoms. The molecule has 0 bridgehead atoms. The Bertz CT molecular complexity index is 1220. The fourth-order valence-electron chi connectivity index (χ4n) is 5.38. The number of hydrogen-bond donors (Lipinski definition) is 0. The second-order valence-corrected chi connectivity index (χ2v) is 13.2. The van der Waals surface area contributed by atoms with Gasteiger partial charge < -0.3 is 4.74 Å². The van der Waals surface area contributed by atoms with Gasteiger partial charge in [0.2, 0.25) is 0 Å². The molecule has 1 aliphatic carbocycles. The Morgan fingerprint density at radius 3 is 2.33 bits per heavy atom. The number of carbonyl (C=O) groups is 1. The van der Waals surface area contributed by atoms with Crippen molar-refractivity contribution in [1.82, 2.24) is 4.31 Å². The summed E-state index contributed by atoms with van der Waals surface area (Å²) in [7, 11) is -3.92. The number of nitrogens with zero attached hydrogens (tertiary/aromatic N) is 1. The molecule has 2 atom stereocenters. The van der Waals surface area contributed by atoms with Crippen LogP contribution in [0.4, 0.5) is 0 Å². The van der Waals surface area contributed by atoms with Crippen molar-refractivity contribution in [2.75, 3.05) is 0 Å². The lowest BCUT2D eigenvalue weighted by Gasteiger charge is -2.38. The Morgan fingerprint density at radius 1 is 1.06 bits per heavy atom. The van der Waals surface area contributed by atoms with Gasteiger partial charge in [0, 0.05) is 10.7 Å². The molecule has 2 aliphatic rings. The number of rotatable bonds is 6. The van der Waals surface area contributed by atoms with E-state index >= 15 is 0 Å². The topological polar surface area (TPSA) is 63.7 Å². The number of sulfonamides is 1. The van der Waals surface area contributed by atoms with E-state index < -0.39 is 27.5 Å². The van der Waals surface area contributed by atoms with E-state index in [1.54, 1.807) is 34.6 Å². The maximum atomic E-state index is 14.2. The van der Waals surface area contributed by atoms with E-state index in [2.05, 4.69) is 0 Å². The summed E-state index contributed by atoms with van der Waals surface area (Å²) in [6.07, 6.45) is 7.85. The monoisotopic (exact) mass is 529 g/mol. The standard InChI is InChI=1S/C29H36ClNO4S/c1-20-13-15-24(16-14-20)36(33,34)31-25(21-9-6-5-7-10-21)17-18-26(31)27(28(32)35-29(2,3)4)22-11-8-12-23(30)19-22/h8,11-16,18-19,21,25,27H,5-7,9-10,17H2,1-4H3/t25-,27-/m0/s1. The largest absolute Gasteiger partial charge is 0.459 e. The maximum Gasteiger partial charge on any atom is 0.320 e. The fraction of sp³-hybridized carbons (Fsp3) is 0.483. The minimum Gasteiger partial charge on any atom is -0.459 e. The van der Waals surface area contributed by atoms with E-state index in [0.717, 1.165) is 31.2 Å². The number of esters is 1. The molecule has 0 radical (unpaired) electrons. The van der Waals surface area contributed by atoms with Crippen molar-refractivity contribution < 1.29 is 17.9 Å². The molecule has 1 heterocycles. The van der Waals surface area contributed by atoms with Crippen molar-refractivity contribution in [2.45, 2.75) is 88.7 Å². The number of halogens is 1. The quantitative estimate of drug-likeness (QED) is 0.378. The van der Waals surface area contributed by atoms with E-state index in [1.165, 1.54) is 6.42 Å². The van der Waals surface area contributed by atoms with Crippen LogP contribution in [0.25, 0.3) is 0 Å². The van der Waals surface area contributed by atoms with Crippen LogP contribution in [0.5, 0.6) is 0 Å². The normalized spacial score (nSPS) is 20.2. The van der Waals surface area contributed by atoms with Crippen molar-refractivity contribution in [3.63, 3.8) is 0 Å². The van der Waals surface area contributed by atoms with Crippen molar-refractivity contribution >= 4 is 27.6 Å². The molecule has 2 aromatic carbocycles. The zero-order valence-corrected chi connectivity index (χ0v) is 23.1. The average molecular weight is 530 g/mol. The Morgan fingerprint density at radius 2 is 1.72 bits per heavy atom. The smallest absolute Gasteiger partial charge is 0.320 e. The van der Waals surface area contributed by atoms with Gasteiger partial charge in [-0.2, -0.15) is 0 Å². The van der Waals surface area contributed by atoms with Gasteiger partial charge >= 0.3 is 5.97 Å². The lowest BCUT2D eigenvalue weighted by atomic mass is 9.83. The summed E-state index contributed by atoms with van der Waals surface area (Å²) in [6.45, 7) is 7.37. The summed E-state index contributed by atoms with van der Waals surface area (Å²) in [5, 5.41) is 0.483. The Balaban J connectivity index is 1.83. The molecule has 0 unspecified atom stereocenters. The van der Waals surface area contributed by atoms with Crippen molar-refractivity contribution in [1.29, 1.82) is 0 Å². The molecule has 0 aromatic heterocycles. The predicted molar refractivity (Wildman–Crippen MR) is 143 cm³/mol. The highest BCUT2D eigenvalue weighted by Crippen LogP contribution is 2.44. The highest BCUT2D eigenvalue weighted by atomic mass is 35.5. The van der Waals surface area contributed by atoms with Gasteiger partial charge in [-0.3, -0.25) is 9.10 Å². The Labute approximate surface area is 220 Å². The van der Waals surface area contributed by atoms with Crippen molar-refractivity contribution in [3.05, 3.63) is 76.5 Å². The van der Waals surface area contributed by atoms with E-state index in [0.29, 0.717) is 22.7 Å². The first-order valence-corrected chi connectivity index (χ1v) is 14.6. The molecule has 0 saturated heterocycles. The predicted octanol–water partition coefficient (Wildman–Crippen LogP) is 7.00. The van der Waals surface area contributed by atoms with Gasteiger partial charge in [0.05, 0.1) is 10.9 Å². The molecular formula is C29H36ClNO4S. The van der Waals surface area contributed by atoms with Gasteiger partial charge in [0.15, 0.2) is 0 Å². The molecule has 4 rings (SSSR count).